The molecule has 2 rings (SSSR count). The van der Waals surface area contributed by atoms with Crippen molar-refractivity contribution in [3.05, 3.63) is 29.8 Å². The molecule has 0 aromatic heterocycles. The van der Waals surface area contributed by atoms with Gasteiger partial charge in [0.2, 0.25) is 0 Å². The van der Waals surface area contributed by atoms with Gasteiger partial charge in [-0.1, -0.05) is 18.2 Å². The summed E-state index contributed by atoms with van der Waals surface area (Å²) in [4.78, 5) is 12.3. The van der Waals surface area contributed by atoms with Crippen LogP contribution in [0.3, 0.4) is 0 Å². The van der Waals surface area contributed by atoms with Crippen molar-refractivity contribution in [3.8, 4) is 0 Å². The third kappa shape index (κ3) is 1.94. The zero-order chi connectivity index (χ0) is 12.3. The summed E-state index contributed by atoms with van der Waals surface area (Å²) >= 11 is 0. The molecule has 0 fully saturated rings. The van der Waals surface area contributed by atoms with Crippen molar-refractivity contribution in [1.29, 1.82) is 0 Å². The lowest BCUT2D eigenvalue weighted by Crippen LogP contribution is -2.41. The normalized spacial score (nSPS) is 23.8. The van der Waals surface area contributed by atoms with Gasteiger partial charge < -0.3 is 14.8 Å². The van der Waals surface area contributed by atoms with E-state index < -0.39 is 5.60 Å². The molecule has 0 saturated carbocycles. The molecular formula is C13H17NO3. The number of carbonyl (C=O) groups excluding carboxylic acids is 1. The van der Waals surface area contributed by atoms with Crippen LogP contribution in [-0.4, -0.2) is 33.2 Å². The van der Waals surface area contributed by atoms with Crippen molar-refractivity contribution < 1.29 is 14.3 Å². The van der Waals surface area contributed by atoms with Gasteiger partial charge in [0.05, 0.1) is 6.61 Å². The Morgan fingerprint density at radius 1 is 1.35 bits per heavy atom. The van der Waals surface area contributed by atoms with Crippen molar-refractivity contribution >= 4 is 11.5 Å². The van der Waals surface area contributed by atoms with Crippen molar-refractivity contribution in [3.63, 3.8) is 0 Å². The van der Waals surface area contributed by atoms with Gasteiger partial charge >= 0.3 is 0 Å². The van der Waals surface area contributed by atoms with Gasteiger partial charge in [0.25, 0.3) is 0 Å². The fourth-order valence-electron chi connectivity index (χ4n) is 2.30. The van der Waals surface area contributed by atoms with E-state index in [1.165, 1.54) is 0 Å². The molecule has 1 atom stereocenters. The summed E-state index contributed by atoms with van der Waals surface area (Å²) in [7, 11) is 3.13. The number of fused-ring (bicyclic) bond motifs is 1. The average Bonchev–Trinajstić information content (AvgIpc) is 2.49. The van der Waals surface area contributed by atoms with Crippen LogP contribution in [0.25, 0.3) is 0 Å². The number of rotatable bonds is 3. The quantitative estimate of drug-likeness (QED) is 0.863. The van der Waals surface area contributed by atoms with E-state index in [2.05, 4.69) is 5.32 Å². The van der Waals surface area contributed by atoms with Gasteiger partial charge in [-0.2, -0.15) is 0 Å². The van der Waals surface area contributed by atoms with Gasteiger partial charge in [0, 0.05) is 38.4 Å². The van der Waals surface area contributed by atoms with Gasteiger partial charge in [-0.25, -0.2) is 0 Å². The summed E-state index contributed by atoms with van der Waals surface area (Å²) in [6, 6.07) is 7.71. The lowest BCUT2D eigenvalue weighted by molar-refractivity contribution is -0.149. The second-order valence-electron chi connectivity index (χ2n) is 4.11. The molecular weight excluding hydrogens is 218 g/mol. The van der Waals surface area contributed by atoms with E-state index in [-0.39, 0.29) is 12.4 Å². The van der Waals surface area contributed by atoms with Gasteiger partial charge in [-0.3, -0.25) is 4.79 Å². The lowest BCUT2D eigenvalue weighted by atomic mass is 9.88. The highest BCUT2D eigenvalue weighted by Crippen LogP contribution is 2.35. The van der Waals surface area contributed by atoms with Crippen LogP contribution < -0.4 is 5.32 Å². The summed E-state index contributed by atoms with van der Waals surface area (Å²) < 4.78 is 10.7. The summed E-state index contributed by atoms with van der Waals surface area (Å²) in [5.41, 5.74) is 0.818. The molecule has 0 spiro atoms. The van der Waals surface area contributed by atoms with Crippen LogP contribution in [0.2, 0.25) is 0 Å². The maximum absolute atomic E-state index is 12.3. The molecule has 92 valence electrons. The van der Waals surface area contributed by atoms with E-state index >= 15 is 0 Å². The number of hydrogen-bond acceptors (Lipinski definition) is 4. The van der Waals surface area contributed by atoms with Crippen molar-refractivity contribution in [2.45, 2.75) is 12.0 Å². The molecule has 1 heterocycles. The van der Waals surface area contributed by atoms with E-state index in [1.54, 1.807) is 14.2 Å². The Hall–Kier alpha value is -1.39. The van der Waals surface area contributed by atoms with Crippen LogP contribution in [0.4, 0.5) is 5.69 Å². The summed E-state index contributed by atoms with van der Waals surface area (Å²) in [6.07, 6.45) is 0.436. The average molecular weight is 235 g/mol. The highest BCUT2D eigenvalue weighted by molar-refractivity contribution is 5.92. The molecule has 0 aliphatic carbocycles. The standard InChI is InChI=1S/C13H17NO3/c1-16-9-13(17-2)10-5-3-4-6-11(10)14-8-7-12(13)15/h3-6,14H,7-9H2,1-2H3. The topological polar surface area (TPSA) is 47.6 Å². The number of ether oxygens (including phenoxy) is 2. The van der Waals surface area contributed by atoms with Crippen LogP contribution in [0, 0.1) is 0 Å². The molecule has 0 radical (unpaired) electrons. The van der Waals surface area contributed by atoms with Crippen LogP contribution >= 0.6 is 0 Å². The number of Topliss-reactive ketones (excluding diaryl/α,β-unsaturated/α-hetero) is 1. The molecule has 1 aromatic carbocycles. The third-order valence-electron chi connectivity index (χ3n) is 3.18. The van der Waals surface area contributed by atoms with Gasteiger partial charge in [-0.05, 0) is 6.07 Å². The maximum atomic E-state index is 12.3. The van der Waals surface area contributed by atoms with Crippen LogP contribution in [0.15, 0.2) is 24.3 Å². The smallest absolute Gasteiger partial charge is 0.176 e. The molecule has 1 N–H and O–H groups in total. The number of benzene rings is 1. The Labute approximate surface area is 101 Å². The molecule has 1 aromatic rings. The number of ketones is 1. The molecule has 4 heteroatoms. The molecule has 1 aliphatic heterocycles. The van der Waals surface area contributed by atoms with E-state index in [0.29, 0.717) is 13.0 Å². The van der Waals surface area contributed by atoms with E-state index in [1.807, 2.05) is 24.3 Å². The molecule has 17 heavy (non-hydrogen) atoms. The number of nitrogens with one attached hydrogen (secondary N) is 1. The monoisotopic (exact) mass is 235 g/mol. The van der Waals surface area contributed by atoms with Gasteiger partial charge in [0.15, 0.2) is 11.4 Å². The predicted molar refractivity (Wildman–Crippen MR) is 65.1 cm³/mol. The predicted octanol–water partition coefficient (Wildman–Crippen LogP) is 1.56. The maximum Gasteiger partial charge on any atom is 0.176 e. The van der Waals surface area contributed by atoms with Crippen molar-refractivity contribution in [2.24, 2.45) is 0 Å². The molecule has 4 nitrogen and oxygen atoms in total. The van der Waals surface area contributed by atoms with Crippen molar-refractivity contribution in [1.82, 2.24) is 0 Å². The Bertz CT molecular complexity index is 419. The molecule has 0 amide bonds. The summed E-state index contributed by atoms with van der Waals surface area (Å²) in [5, 5.41) is 3.25. The largest absolute Gasteiger partial charge is 0.384 e. The number of anilines is 1. The number of carbonyl (C=O) groups is 1. The number of para-hydroxylation sites is 1. The minimum atomic E-state index is -0.977. The fourth-order valence-corrected chi connectivity index (χ4v) is 2.30. The van der Waals surface area contributed by atoms with Crippen LogP contribution in [0.5, 0.6) is 0 Å². The molecule has 1 aliphatic rings. The number of methoxy groups -OCH3 is 2. The zero-order valence-electron chi connectivity index (χ0n) is 10.2. The van der Waals surface area contributed by atoms with Gasteiger partial charge in [-0.15, -0.1) is 0 Å². The first-order chi connectivity index (χ1) is 8.24. The Balaban J connectivity index is 2.56. The Morgan fingerprint density at radius 3 is 2.82 bits per heavy atom. The first-order valence-electron chi connectivity index (χ1n) is 5.65. The third-order valence-corrected chi connectivity index (χ3v) is 3.18. The highest BCUT2D eigenvalue weighted by Gasteiger charge is 2.42. The second-order valence-corrected chi connectivity index (χ2v) is 4.11. The van der Waals surface area contributed by atoms with Crippen molar-refractivity contribution in [2.75, 3.05) is 32.7 Å². The van der Waals surface area contributed by atoms with E-state index in [0.717, 1.165) is 11.3 Å². The minimum absolute atomic E-state index is 0.0549. The molecule has 0 bridgehead atoms. The molecule has 0 saturated heterocycles. The SMILES string of the molecule is COCC1(OC)C(=O)CCNc2ccccc21. The summed E-state index contributed by atoms with van der Waals surface area (Å²) in [6.45, 7) is 0.867. The zero-order valence-corrected chi connectivity index (χ0v) is 10.2. The minimum Gasteiger partial charge on any atom is -0.384 e. The molecule has 1 unspecified atom stereocenters. The summed E-state index contributed by atoms with van der Waals surface area (Å²) in [5.74, 6) is 0.0549. The van der Waals surface area contributed by atoms with Crippen LogP contribution in [-0.2, 0) is 19.9 Å². The van der Waals surface area contributed by atoms with E-state index in [9.17, 15) is 4.79 Å². The first-order valence-corrected chi connectivity index (χ1v) is 5.65. The second kappa shape index (κ2) is 4.85. The number of hydrogen-bond donors (Lipinski definition) is 1. The Morgan fingerprint density at radius 2 is 2.12 bits per heavy atom. The van der Waals surface area contributed by atoms with Crippen LogP contribution in [0.1, 0.15) is 12.0 Å². The first kappa shape index (κ1) is 12.1. The fraction of sp³-hybridized carbons (Fsp3) is 0.462. The lowest BCUT2D eigenvalue weighted by Gasteiger charge is -2.30. The Kier molecular flexibility index (Phi) is 3.45. The van der Waals surface area contributed by atoms with E-state index in [4.69, 9.17) is 9.47 Å². The van der Waals surface area contributed by atoms with Gasteiger partial charge in [0.1, 0.15) is 0 Å². The highest BCUT2D eigenvalue weighted by atomic mass is 16.5.